The largest absolute Gasteiger partial charge is 0.329 e. The maximum atomic E-state index is 13.4. The molecule has 0 saturated heterocycles. The number of carbonyl (C=O) groups excluding carboxylic acids is 3. The topological polar surface area (TPSA) is 172 Å². The third kappa shape index (κ3) is 5.27. The van der Waals surface area contributed by atoms with Crippen LogP contribution in [-0.2, 0) is 23.4 Å². The molecule has 13 nitrogen and oxygen atoms in total. The van der Waals surface area contributed by atoms with Crippen LogP contribution in [0.15, 0.2) is 53.6 Å². The van der Waals surface area contributed by atoms with Crippen LogP contribution in [0.5, 0.6) is 0 Å². The second kappa shape index (κ2) is 11.0. The van der Waals surface area contributed by atoms with Gasteiger partial charge in [0.05, 0.1) is 34.8 Å². The molecule has 0 spiro atoms. The van der Waals surface area contributed by atoms with E-state index in [-0.39, 0.29) is 18.9 Å². The van der Waals surface area contributed by atoms with E-state index < -0.39 is 58.4 Å². The lowest BCUT2D eigenvalue weighted by Gasteiger charge is -2.16. The first-order valence-corrected chi connectivity index (χ1v) is 11.4. The van der Waals surface area contributed by atoms with Gasteiger partial charge in [0, 0.05) is 6.07 Å². The van der Waals surface area contributed by atoms with E-state index in [9.17, 15) is 34.6 Å². The van der Waals surface area contributed by atoms with E-state index in [4.69, 9.17) is 9.05 Å². The van der Waals surface area contributed by atoms with E-state index in [0.29, 0.717) is 16.6 Å². The molecule has 0 unspecified atom stereocenters. The van der Waals surface area contributed by atoms with E-state index in [2.05, 4.69) is 5.10 Å². The molecule has 2 aromatic carbocycles. The third-order valence-electron chi connectivity index (χ3n) is 4.73. The summed E-state index contributed by atoms with van der Waals surface area (Å²) in [6.45, 7) is 3.40. The second-order valence-corrected chi connectivity index (χ2v) is 8.32. The molecular weight excluding hydrogens is 483 g/mol. The molecule has 182 valence electrons. The lowest BCUT2D eigenvalue weighted by molar-refractivity contribution is -0.393. The number of ketones is 1. The van der Waals surface area contributed by atoms with Crippen molar-refractivity contribution >= 4 is 48.4 Å². The van der Waals surface area contributed by atoms with Crippen LogP contribution >= 0.6 is 8.38 Å². The highest BCUT2D eigenvalue weighted by atomic mass is 31.2. The third-order valence-corrected chi connectivity index (χ3v) is 6.27. The Labute approximate surface area is 199 Å². The Bertz CT molecular complexity index is 1210. The summed E-state index contributed by atoms with van der Waals surface area (Å²) in [4.78, 5) is 60.4. The van der Waals surface area contributed by atoms with Gasteiger partial charge in [-0.05, 0) is 25.5 Å². The summed E-state index contributed by atoms with van der Waals surface area (Å²) in [7, 11) is -2.28. The lowest BCUT2D eigenvalue weighted by Crippen LogP contribution is -2.37. The molecule has 0 radical (unpaired) electrons. The summed E-state index contributed by atoms with van der Waals surface area (Å²) in [6, 6.07) is 10.7. The number of Topliss-reactive ketones (excluding diaryl/α,β-unsaturated/α-hetero) is 1. The molecule has 35 heavy (non-hydrogen) atoms. The normalized spacial score (nSPS) is 15.3. The van der Waals surface area contributed by atoms with Gasteiger partial charge in [0.15, 0.2) is 5.92 Å². The first kappa shape index (κ1) is 25.7. The zero-order valence-corrected chi connectivity index (χ0v) is 19.4. The number of hydrogen-bond donors (Lipinski definition) is 0. The quantitative estimate of drug-likeness (QED) is 0.147. The fourth-order valence-corrected chi connectivity index (χ4v) is 4.34. The Kier molecular flexibility index (Phi) is 8.07. The molecule has 1 amide bonds. The van der Waals surface area contributed by atoms with Crippen molar-refractivity contribution in [1.82, 2.24) is 0 Å². The van der Waals surface area contributed by atoms with Crippen LogP contribution in [0.25, 0.3) is 0 Å². The summed E-state index contributed by atoms with van der Waals surface area (Å²) in [5.74, 6) is -3.88. The number of carbonyl (C=O) groups is 3. The molecule has 3 rings (SSSR count). The first-order valence-electron chi connectivity index (χ1n) is 10.3. The highest BCUT2D eigenvalue weighted by molar-refractivity contribution is 7.69. The van der Waals surface area contributed by atoms with Gasteiger partial charge in [0.1, 0.15) is 5.69 Å². The van der Waals surface area contributed by atoms with Gasteiger partial charge < -0.3 is 9.05 Å². The molecule has 1 aliphatic rings. The number of hydrazone groups is 1. The molecule has 2 aromatic rings. The molecule has 0 N–H and O–H groups in total. The minimum absolute atomic E-state index is 0.0874. The average molecular weight is 502 g/mol. The van der Waals surface area contributed by atoms with Gasteiger partial charge in [-0.1, -0.05) is 30.3 Å². The van der Waals surface area contributed by atoms with Gasteiger partial charge in [-0.25, -0.2) is 0 Å². The van der Waals surface area contributed by atoms with Crippen LogP contribution in [-0.4, -0.2) is 46.0 Å². The van der Waals surface area contributed by atoms with E-state index in [0.717, 1.165) is 12.1 Å². The number of anilines is 1. The van der Waals surface area contributed by atoms with Crippen molar-refractivity contribution in [3.8, 4) is 0 Å². The van der Waals surface area contributed by atoms with E-state index in [1.54, 1.807) is 44.2 Å². The van der Waals surface area contributed by atoms with Crippen molar-refractivity contribution in [1.29, 1.82) is 0 Å². The Balaban J connectivity index is 2.11. The van der Waals surface area contributed by atoms with Crippen LogP contribution in [0.4, 0.5) is 17.1 Å². The maximum absolute atomic E-state index is 13.4. The number of nitro benzene ring substituents is 2. The molecule has 1 heterocycles. The Morgan fingerprint density at radius 1 is 1.03 bits per heavy atom. The summed E-state index contributed by atoms with van der Waals surface area (Å²) in [5.41, 5.74) is -2.56. The molecule has 0 aromatic heterocycles. The molecule has 1 atom stereocenters. The van der Waals surface area contributed by atoms with E-state index in [1.165, 1.54) is 0 Å². The Morgan fingerprint density at radius 3 is 2.20 bits per heavy atom. The predicted octanol–water partition coefficient (Wildman–Crippen LogP) is 3.35. The van der Waals surface area contributed by atoms with Crippen molar-refractivity contribution in [2.45, 2.75) is 13.8 Å². The zero-order valence-electron chi connectivity index (χ0n) is 18.5. The summed E-state index contributed by atoms with van der Waals surface area (Å²) in [6.07, 6.45) is 0. The Hall–Kier alpha value is -3.93. The van der Waals surface area contributed by atoms with Crippen molar-refractivity contribution in [2.75, 3.05) is 18.2 Å². The average Bonchev–Trinajstić information content (AvgIpc) is 3.19. The highest BCUT2D eigenvalue weighted by Gasteiger charge is 2.48. The SMILES string of the molecule is CCOP(OCC)C(=O)C(=O)[C@@H]1C(=O)N(c2ccc([N+](=O)[O-])cc2[N+](=O)[O-])N=C1c1ccccc1. The number of nitro groups is 2. The number of rotatable bonds is 11. The number of nitrogens with zero attached hydrogens (tertiary/aromatic N) is 4. The second-order valence-electron chi connectivity index (χ2n) is 6.88. The van der Waals surface area contributed by atoms with Crippen LogP contribution in [0, 0.1) is 26.1 Å². The van der Waals surface area contributed by atoms with Crippen LogP contribution in [0.2, 0.25) is 0 Å². The molecule has 0 bridgehead atoms. The fraction of sp³-hybridized carbons (Fsp3) is 0.238. The van der Waals surface area contributed by atoms with E-state index in [1.807, 2.05) is 0 Å². The monoisotopic (exact) mass is 502 g/mol. The van der Waals surface area contributed by atoms with Gasteiger partial charge in [0.25, 0.3) is 25.5 Å². The molecule has 1 aliphatic heterocycles. The Morgan fingerprint density at radius 2 is 1.66 bits per heavy atom. The van der Waals surface area contributed by atoms with Gasteiger partial charge in [-0.2, -0.15) is 10.1 Å². The maximum Gasteiger partial charge on any atom is 0.301 e. The van der Waals surface area contributed by atoms with Gasteiger partial charge >= 0.3 is 5.69 Å². The number of hydrogen-bond acceptors (Lipinski definition) is 10. The minimum Gasteiger partial charge on any atom is -0.329 e. The summed E-state index contributed by atoms with van der Waals surface area (Å²) < 4.78 is 10.5. The van der Waals surface area contributed by atoms with Crippen LogP contribution in [0.3, 0.4) is 0 Å². The molecule has 0 aliphatic carbocycles. The molecular formula is C21H19N4O9P. The molecule has 0 fully saturated rings. The molecule has 0 saturated carbocycles. The summed E-state index contributed by atoms with van der Waals surface area (Å²) >= 11 is 0. The van der Waals surface area contributed by atoms with Crippen molar-refractivity contribution in [3.05, 3.63) is 74.3 Å². The number of benzene rings is 2. The van der Waals surface area contributed by atoms with E-state index >= 15 is 0 Å². The van der Waals surface area contributed by atoms with Crippen molar-refractivity contribution < 1.29 is 33.3 Å². The lowest BCUT2D eigenvalue weighted by atomic mass is 9.93. The predicted molar refractivity (Wildman–Crippen MR) is 124 cm³/mol. The van der Waals surface area contributed by atoms with Crippen molar-refractivity contribution in [3.63, 3.8) is 0 Å². The van der Waals surface area contributed by atoms with Gasteiger partial charge in [-0.3, -0.25) is 34.6 Å². The number of non-ortho nitro benzene ring substituents is 1. The van der Waals surface area contributed by atoms with Gasteiger partial charge in [0.2, 0.25) is 5.78 Å². The van der Waals surface area contributed by atoms with Gasteiger partial charge in [-0.15, -0.1) is 0 Å². The molecule has 14 heteroatoms. The van der Waals surface area contributed by atoms with Crippen LogP contribution < -0.4 is 5.01 Å². The fourth-order valence-electron chi connectivity index (χ4n) is 3.25. The highest BCUT2D eigenvalue weighted by Crippen LogP contribution is 2.42. The smallest absolute Gasteiger partial charge is 0.301 e. The summed E-state index contributed by atoms with van der Waals surface area (Å²) in [5, 5.41) is 27.4. The minimum atomic E-state index is -2.28. The van der Waals surface area contributed by atoms with Crippen LogP contribution in [0.1, 0.15) is 19.4 Å². The van der Waals surface area contributed by atoms with Crippen molar-refractivity contribution in [2.24, 2.45) is 11.0 Å². The zero-order chi connectivity index (χ0) is 25.7. The standard InChI is InChI=1S/C21H19N4O9P/c1-3-33-35(34-4-2)21(28)19(26)17-18(13-8-6-5-7-9-13)22-23(20(17)27)15-11-10-14(24(29)30)12-16(15)25(31)32/h5-12,17H,3-4H2,1-2H3/t17-/m1/s1. The first-order chi connectivity index (χ1) is 16.7. The number of amides is 1.